The molecule has 2 aromatic rings. The van der Waals surface area contributed by atoms with Crippen molar-refractivity contribution in [2.24, 2.45) is 0 Å². The third kappa shape index (κ3) is 4.76. The van der Waals surface area contributed by atoms with Gasteiger partial charge in [0.15, 0.2) is 12.4 Å². The first kappa shape index (κ1) is 18.3. The van der Waals surface area contributed by atoms with Crippen LogP contribution in [-0.4, -0.2) is 29.1 Å². The average Bonchev–Trinajstić information content (AvgIpc) is 2.66. The topological polar surface area (TPSA) is 73.3 Å². The number of ether oxygens (including phenoxy) is 2. The quantitative estimate of drug-likeness (QED) is 0.858. The summed E-state index contributed by atoms with van der Waals surface area (Å²) in [6, 6.07) is 5.66. The highest BCUT2D eigenvalue weighted by molar-refractivity contribution is 5.77. The lowest BCUT2D eigenvalue weighted by Crippen LogP contribution is -2.32. The van der Waals surface area contributed by atoms with Crippen LogP contribution in [0.15, 0.2) is 36.7 Å². The number of aromatic nitrogens is 2. The predicted octanol–water partition coefficient (Wildman–Crippen LogP) is 2.73. The largest absolute Gasteiger partial charge is 0.484 e. The number of benzene rings is 1. The van der Waals surface area contributed by atoms with Crippen LogP contribution < -0.4 is 10.1 Å². The minimum Gasteiger partial charge on any atom is -0.484 e. The van der Waals surface area contributed by atoms with Crippen molar-refractivity contribution < 1.29 is 18.7 Å². The van der Waals surface area contributed by atoms with Crippen molar-refractivity contribution in [3.05, 3.63) is 53.9 Å². The molecule has 1 saturated heterocycles. The van der Waals surface area contributed by atoms with Gasteiger partial charge in [-0.1, -0.05) is 6.07 Å². The molecule has 6 nitrogen and oxygen atoms in total. The number of halogens is 1. The fraction of sp³-hybridized carbons (Fsp3) is 0.421. The molecule has 3 rings (SSSR count). The molecule has 1 atom stereocenters. The van der Waals surface area contributed by atoms with E-state index >= 15 is 0 Å². The molecule has 2 heterocycles. The lowest BCUT2D eigenvalue weighted by Gasteiger charge is -2.32. The highest BCUT2D eigenvalue weighted by atomic mass is 19.1. The van der Waals surface area contributed by atoms with Gasteiger partial charge in [-0.2, -0.15) is 0 Å². The van der Waals surface area contributed by atoms with Crippen molar-refractivity contribution in [1.29, 1.82) is 0 Å². The Bertz CT molecular complexity index is 746. The fourth-order valence-electron chi connectivity index (χ4n) is 2.79. The van der Waals surface area contributed by atoms with E-state index in [4.69, 9.17) is 9.47 Å². The van der Waals surface area contributed by atoms with Crippen LogP contribution in [0.1, 0.15) is 37.6 Å². The second-order valence-electron chi connectivity index (χ2n) is 6.47. The van der Waals surface area contributed by atoms with Crippen LogP contribution >= 0.6 is 0 Å². The van der Waals surface area contributed by atoms with Gasteiger partial charge in [0.2, 0.25) is 0 Å². The number of rotatable bonds is 6. The zero-order valence-corrected chi connectivity index (χ0v) is 14.7. The first-order chi connectivity index (χ1) is 12.5. The maximum Gasteiger partial charge on any atom is 0.258 e. The maximum atomic E-state index is 13.1. The molecular formula is C19H22FN3O3. The molecule has 1 N–H and O–H groups in total. The van der Waals surface area contributed by atoms with Gasteiger partial charge in [0.25, 0.3) is 5.91 Å². The number of nitrogens with zero attached hydrogens (tertiary/aromatic N) is 2. The molecule has 0 saturated carbocycles. The molecule has 1 amide bonds. The first-order valence-corrected chi connectivity index (χ1v) is 8.66. The van der Waals surface area contributed by atoms with Crippen molar-refractivity contribution in [2.75, 3.05) is 13.2 Å². The summed E-state index contributed by atoms with van der Waals surface area (Å²) in [4.78, 5) is 20.6. The average molecular weight is 359 g/mol. The molecule has 1 aromatic carbocycles. The molecule has 1 aromatic heterocycles. The van der Waals surface area contributed by atoms with Crippen LogP contribution in [0.3, 0.4) is 0 Å². The minimum absolute atomic E-state index is 0.186. The zero-order chi connectivity index (χ0) is 18.4. The lowest BCUT2D eigenvalue weighted by molar-refractivity contribution is -0.123. The summed E-state index contributed by atoms with van der Waals surface area (Å²) in [6.07, 6.45) is 6.46. The fourth-order valence-corrected chi connectivity index (χ4v) is 2.79. The minimum atomic E-state index is -0.432. The third-order valence-corrected chi connectivity index (χ3v) is 4.30. The van der Waals surface area contributed by atoms with Gasteiger partial charge in [-0.15, -0.1) is 0 Å². The smallest absolute Gasteiger partial charge is 0.258 e. The Kier molecular flexibility index (Phi) is 5.78. The molecule has 0 radical (unpaired) electrons. The standard InChI is InChI=1S/C19H22FN3O3/c1-19(7-2-3-8-26-19)18-22-11-14(12-23-18)10-21-17(24)13-25-16-6-4-5-15(20)9-16/h4-6,9,11-12H,2-3,7-8,10,13H2,1H3,(H,21,24)/t19-/m1/s1. The Morgan fingerprint density at radius 3 is 2.85 bits per heavy atom. The van der Waals surface area contributed by atoms with Gasteiger partial charge in [-0.25, -0.2) is 14.4 Å². The summed E-state index contributed by atoms with van der Waals surface area (Å²) < 4.78 is 24.1. The van der Waals surface area contributed by atoms with E-state index in [1.54, 1.807) is 18.5 Å². The van der Waals surface area contributed by atoms with Gasteiger partial charge in [0, 0.05) is 37.2 Å². The third-order valence-electron chi connectivity index (χ3n) is 4.30. The number of carbonyl (C=O) groups is 1. The van der Waals surface area contributed by atoms with Gasteiger partial charge < -0.3 is 14.8 Å². The number of hydrogen-bond donors (Lipinski definition) is 1. The number of hydrogen-bond acceptors (Lipinski definition) is 5. The van der Waals surface area contributed by atoms with Crippen LogP contribution in [0.5, 0.6) is 5.75 Å². The predicted molar refractivity (Wildman–Crippen MR) is 92.9 cm³/mol. The molecule has 0 spiro atoms. The number of nitrogens with one attached hydrogen (secondary N) is 1. The number of amides is 1. The van der Waals surface area contributed by atoms with E-state index in [2.05, 4.69) is 15.3 Å². The van der Waals surface area contributed by atoms with Crippen molar-refractivity contribution in [2.45, 2.75) is 38.3 Å². The van der Waals surface area contributed by atoms with Crippen LogP contribution in [0.25, 0.3) is 0 Å². The van der Waals surface area contributed by atoms with E-state index in [-0.39, 0.29) is 12.5 Å². The summed E-state index contributed by atoms with van der Waals surface area (Å²) in [5, 5.41) is 2.72. The summed E-state index contributed by atoms with van der Waals surface area (Å²) >= 11 is 0. The molecule has 1 aliphatic heterocycles. The molecule has 1 fully saturated rings. The molecule has 1 aliphatic rings. The van der Waals surface area contributed by atoms with Crippen LogP contribution in [0.4, 0.5) is 4.39 Å². The summed E-state index contributed by atoms with van der Waals surface area (Å²) in [5.74, 6) is 0.270. The van der Waals surface area contributed by atoms with Gasteiger partial charge in [0.05, 0.1) is 0 Å². The Labute approximate surface area is 151 Å². The Hall–Kier alpha value is -2.54. The molecular weight excluding hydrogens is 337 g/mol. The van der Waals surface area contributed by atoms with Crippen molar-refractivity contribution in [3.8, 4) is 5.75 Å². The monoisotopic (exact) mass is 359 g/mol. The second-order valence-corrected chi connectivity index (χ2v) is 6.47. The van der Waals surface area contributed by atoms with Crippen LogP contribution in [-0.2, 0) is 21.7 Å². The maximum absolute atomic E-state index is 13.1. The Morgan fingerprint density at radius 2 is 2.15 bits per heavy atom. The summed E-state index contributed by atoms with van der Waals surface area (Å²) in [5.41, 5.74) is 0.353. The SMILES string of the molecule is C[C@]1(c2ncc(CNC(=O)COc3cccc(F)c3)cn2)CCCCO1. The molecule has 0 bridgehead atoms. The first-order valence-electron chi connectivity index (χ1n) is 8.66. The van der Waals surface area contributed by atoms with E-state index in [0.717, 1.165) is 31.4 Å². The van der Waals surface area contributed by atoms with Crippen molar-refractivity contribution in [3.63, 3.8) is 0 Å². The zero-order valence-electron chi connectivity index (χ0n) is 14.7. The molecule has 0 unspecified atom stereocenters. The number of carbonyl (C=O) groups excluding carboxylic acids is 1. The molecule has 26 heavy (non-hydrogen) atoms. The van der Waals surface area contributed by atoms with E-state index in [1.165, 1.54) is 18.2 Å². The molecule has 0 aliphatic carbocycles. The van der Waals surface area contributed by atoms with Gasteiger partial charge in [-0.05, 0) is 38.3 Å². The second kappa shape index (κ2) is 8.23. The van der Waals surface area contributed by atoms with Crippen LogP contribution in [0, 0.1) is 5.82 Å². The van der Waals surface area contributed by atoms with E-state index in [9.17, 15) is 9.18 Å². The lowest BCUT2D eigenvalue weighted by atomic mass is 9.95. The summed E-state index contributed by atoms with van der Waals surface area (Å²) in [7, 11) is 0. The Balaban J connectivity index is 1.47. The molecule has 138 valence electrons. The van der Waals surface area contributed by atoms with Crippen molar-refractivity contribution >= 4 is 5.91 Å². The van der Waals surface area contributed by atoms with Gasteiger partial charge in [-0.3, -0.25) is 4.79 Å². The van der Waals surface area contributed by atoms with Crippen molar-refractivity contribution in [1.82, 2.24) is 15.3 Å². The van der Waals surface area contributed by atoms with E-state index < -0.39 is 11.4 Å². The normalized spacial score (nSPS) is 19.8. The van der Waals surface area contributed by atoms with Crippen LogP contribution in [0.2, 0.25) is 0 Å². The highest BCUT2D eigenvalue weighted by Crippen LogP contribution is 2.32. The molecule has 7 heteroatoms. The van der Waals surface area contributed by atoms with E-state index in [1.807, 2.05) is 6.92 Å². The van der Waals surface area contributed by atoms with E-state index in [0.29, 0.717) is 18.1 Å². The Morgan fingerprint density at radius 1 is 1.35 bits per heavy atom. The highest BCUT2D eigenvalue weighted by Gasteiger charge is 2.32. The van der Waals surface area contributed by atoms with Gasteiger partial charge >= 0.3 is 0 Å². The summed E-state index contributed by atoms with van der Waals surface area (Å²) in [6.45, 7) is 2.84. The van der Waals surface area contributed by atoms with Gasteiger partial charge in [0.1, 0.15) is 17.2 Å².